The highest BCUT2D eigenvalue weighted by molar-refractivity contribution is 5.74. The largest absolute Gasteiger partial charge is 0.335 e. The Kier molecular flexibility index (Phi) is 2.42. The highest BCUT2D eigenvalue weighted by Gasteiger charge is 2.36. The zero-order chi connectivity index (χ0) is 9.35. The normalized spacial score (nSPS) is 28.7. The summed E-state index contributed by atoms with van der Waals surface area (Å²) in [5.41, 5.74) is -0.0515. The van der Waals surface area contributed by atoms with Gasteiger partial charge in [0.1, 0.15) is 0 Å². The summed E-state index contributed by atoms with van der Waals surface area (Å²) in [6.45, 7) is 9.70. The topological polar surface area (TPSA) is 32.3 Å². The van der Waals surface area contributed by atoms with Crippen LogP contribution in [-0.4, -0.2) is 35.5 Å². The molecule has 3 nitrogen and oxygen atoms in total. The molecule has 1 atom stereocenters. The fraction of sp³-hybridized carbons (Fsp3) is 0.889. The SMILES string of the molecule is CC(=O)N1CCNC(C)C1(C)C. The van der Waals surface area contributed by atoms with Crippen molar-refractivity contribution in [1.29, 1.82) is 0 Å². The Morgan fingerprint density at radius 3 is 2.58 bits per heavy atom. The number of hydrogen-bond donors (Lipinski definition) is 1. The lowest BCUT2D eigenvalue weighted by atomic mass is 9.91. The molecule has 1 saturated heterocycles. The van der Waals surface area contributed by atoms with Gasteiger partial charge in [0, 0.05) is 26.1 Å². The van der Waals surface area contributed by atoms with Gasteiger partial charge in [-0.2, -0.15) is 0 Å². The van der Waals surface area contributed by atoms with E-state index in [0.717, 1.165) is 13.1 Å². The number of rotatable bonds is 0. The van der Waals surface area contributed by atoms with Gasteiger partial charge >= 0.3 is 0 Å². The highest BCUT2D eigenvalue weighted by atomic mass is 16.2. The second-order valence-electron chi connectivity index (χ2n) is 4.00. The summed E-state index contributed by atoms with van der Waals surface area (Å²) in [4.78, 5) is 13.2. The molecular formula is C9H18N2O. The second-order valence-corrected chi connectivity index (χ2v) is 4.00. The number of carbonyl (C=O) groups is 1. The summed E-state index contributed by atoms with van der Waals surface area (Å²) in [5.74, 6) is 0.174. The molecule has 0 aromatic carbocycles. The van der Waals surface area contributed by atoms with Crippen molar-refractivity contribution in [2.24, 2.45) is 0 Å². The maximum Gasteiger partial charge on any atom is 0.219 e. The van der Waals surface area contributed by atoms with Gasteiger partial charge in [-0.25, -0.2) is 0 Å². The number of amides is 1. The Morgan fingerprint density at radius 2 is 2.17 bits per heavy atom. The summed E-state index contributed by atoms with van der Waals surface area (Å²) in [6.07, 6.45) is 0. The molecule has 3 heteroatoms. The zero-order valence-corrected chi connectivity index (χ0v) is 8.35. The Hall–Kier alpha value is -0.570. The fourth-order valence-corrected chi connectivity index (χ4v) is 1.73. The number of piperazine rings is 1. The minimum absolute atomic E-state index is 0.0515. The van der Waals surface area contributed by atoms with Gasteiger partial charge in [0.2, 0.25) is 5.91 Å². The molecule has 0 spiro atoms. The Balaban J connectivity index is 2.79. The van der Waals surface area contributed by atoms with Crippen LogP contribution in [0.3, 0.4) is 0 Å². The van der Waals surface area contributed by atoms with Crippen molar-refractivity contribution >= 4 is 5.91 Å². The lowest BCUT2D eigenvalue weighted by Crippen LogP contribution is -2.64. The molecule has 1 rings (SSSR count). The first kappa shape index (κ1) is 9.52. The maximum atomic E-state index is 11.3. The predicted molar refractivity (Wildman–Crippen MR) is 48.9 cm³/mol. The molecule has 1 fully saturated rings. The lowest BCUT2D eigenvalue weighted by Gasteiger charge is -2.47. The average Bonchev–Trinajstić information content (AvgIpc) is 1.94. The maximum absolute atomic E-state index is 11.3. The summed E-state index contributed by atoms with van der Waals surface area (Å²) in [7, 11) is 0. The third-order valence-electron chi connectivity index (χ3n) is 2.92. The predicted octanol–water partition coefficient (Wildman–Crippen LogP) is 0.605. The van der Waals surface area contributed by atoms with E-state index in [9.17, 15) is 4.79 Å². The van der Waals surface area contributed by atoms with Crippen molar-refractivity contribution in [3.05, 3.63) is 0 Å². The zero-order valence-electron chi connectivity index (χ0n) is 8.35. The van der Waals surface area contributed by atoms with E-state index in [1.54, 1.807) is 6.92 Å². The molecule has 12 heavy (non-hydrogen) atoms. The second kappa shape index (κ2) is 3.05. The third-order valence-corrected chi connectivity index (χ3v) is 2.92. The van der Waals surface area contributed by atoms with Crippen molar-refractivity contribution in [2.75, 3.05) is 13.1 Å². The van der Waals surface area contributed by atoms with Crippen LogP contribution < -0.4 is 5.32 Å². The van der Waals surface area contributed by atoms with E-state index >= 15 is 0 Å². The fourth-order valence-electron chi connectivity index (χ4n) is 1.73. The molecule has 0 aromatic rings. The van der Waals surface area contributed by atoms with Crippen LogP contribution in [0.2, 0.25) is 0 Å². The molecule has 0 aromatic heterocycles. The number of nitrogens with zero attached hydrogens (tertiary/aromatic N) is 1. The van der Waals surface area contributed by atoms with E-state index in [-0.39, 0.29) is 11.4 Å². The van der Waals surface area contributed by atoms with Gasteiger partial charge in [0.05, 0.1) is 5.54 Å². The van der Waals surface area contributed by atoms with Crippen LogP contribution in [0.4, 0.5) is 0 Å². The smallest absolute Gasteiger partial charge is 0.219 e. The van der Waals surface area contributed by atoms with Crippen molar-refractivity contribution < 1.29 is 4.79 Å². The first-order valence-corrected chi connectivity index (χ1v) is 4.48. The molecule has 1 aliphatic rings. The van der Waals surface area contributed by atoms with E-state index in [1.165, 1.54) is 0 Å². The Bertz CT molecular complexity index is 189. The van der Waals surface area contributed by atoms with E-state index in [2.05, 4.69) is 26.1 Å². The van der Waals surface area contributed by atoms with Gasteiger partial charge < -0.3 is 10.2 Å². The number of hydrogen-bond acceptors (Lipinski definition) is 2. The lowest BCUT2D eigenvalue weighted by molar-refractivity contribution is -0.136. The summed E-state index contributed by atoms with van der Waals surface area (Å²) in [5, 5.41) is 3.36. The molecule has 0 saturated carbocycles. The van der Waals surface area contributed by atoms with Gasteiger partial charge in [-0.3, -0.25) is 4.79 Å². The number of nitrogens with one attached hydrogen (secondary N) is 1. The van der Waals surface area contributed by atoms with Crippen LogP contribution >= 0.6 is 0 Å². The molecule has 1 unspecified atom stereocenters. The monoisotopic (exact) mass is 170 g/mol. The molecule has 0 aliphatic carbocycles. The summed E-state index contributed by atoms with van der Waals surface area (Å²) >= 11 is 0. The molecule has 1 heterocycles. The molecule has 0 radical (unpaired) electrons. The van der Waals surface area contributed by atoms with Gasteiger partial charge in [0.25, 0.3) is 0 Å². The van der Waals surface area contributed by atoms with Gasteiger partial charge in [0.15, 0.2) is 0 Å². The van der Waals surface area contributed by atoms with E-state index < -0.39 is 0 Å². The highest BCUT2D eigenvalue weighted by Crippen LogP contribution is 2.21. The van der Waals surface area contributed by atoms with E-state index in [0.29, 0.717) is 6.04 Å². The van der Waals surface area contributed by atoms with Crippen molar-refractivity contribution in [3.63, 3.8) is 0 Å². The molecule has 70 valence electrons. The molecule has 0 bridgehead atoms. The molecule has 1 N–H and O–H groups in total. The standard InChI is InChI=1S/C9H18N2O/c1-7-9(3,4)11(8(2)12)6-5-10-7/h7,10H,5-6H2,1-4H3. The van der Waals surface area contributed by atoms with Gasteiger partial charge in [-0.1, -0.05) is 0 Å². The number of carbonyl (C=O) groups excluding carboxylic acids is 1. The summed E-state index contributed by atoms with van der Waals surface area (Å²) < 4.78 is 0. The van der Waals surface area contributed by atoms with Crippen LogP contribution in [-0.2, 0) is 4.79 Å². The summed E-state index contributed by atoms with van der Waals surface area (Å²) in [6, 6.07) is 0.371. The van der Waals surface area contributed by atoms with Gasteiger partial charge in [-0.15, -0.1) is 0 Å². The van der Waals surface area contributed by atoms with Crippen LogP contribution in [0.1, 0.15) is 27.7 Å². The van der Waals surface area contributed by atoms with Crippen LogP contribution in [0.5, 0.6) is 0 Å². The minimum Gasteiger partial charge on any atom is -0.335 e. The van der Waals surface area contributed by atoms with Crippen LogP contribution in [0.25, 0.3) is 0 Å². The third kappa shape index (κ3) is 1.46. The van der Waals surface area contributed by atoms with Crippen molar-refractivity contribution in [1.82, 2.24) is 10.2 Å². The first-order chi connectivity index (χ1) is 5.46. The van der Waals surface area contributed by atoms with E-state index in [1.807, 2.05) is 4.90 Å². The van der Waals surface area contributed by atoms with Crippen molar-refractivity contribution in [2.45, 2.75) is 39.3 Å². The minimum atomic E-state index is -0.0515. The van der Waals surface area contributed by atoms with Crippen molar-refractivity contribution in [3.8, 4) is 0 Å². The Labute approximate surface area is 74.1 Å². The molecule has 1 amide bonds. The van der Waals surface area contributed by atoms with Crippen LogP contribution in [0, 0.1) is 0 Å². The first-order valence-electron chi connectivity index (χ1n) is 4.48. The molecular weight excluding hydrogens is 152 g/mol. The van der Waals surface area contributed by atoms with Gasteiger partial charge in [-0.05, 0) is 20.8 Å². The van der Waals surface area contributed by atoms with E-state index in [4.69, 9.17) is 0 Å². The average molecular weight is 170 g/mol. The Morgan fingerprint density at radius 1 is 1.58 bits per heavy atom. The quantitative estimate of drug-likeness (QED) is 0.577. The molecule has 1 aliphatic heterocycles. The van der Waals surface area contributed by atoms with Crippen LogP contribution in [0.15, 0.2) is 0 Å².